The second-order valence-corrected chi connectivity index (χ2v) is 4.57. The molecule has 0 aromatic rings. The number of hydrazone groups is 1. The minimum Gasteiger partial charge on any atom is -0.286 e. The van der Waals surface area contributed by atoms with Crippen LogP contribution in [0, 0.1) is 0 Å². The van der Waals surface area contributed by atoms with E-state index in [0.717, 1.165) is 6.67 Å². The average Bonchev–Trinajstić information content (AvgIpc) is 2.18. The normalized spacial score (nSPS) is 33.9. The molecular weight excluding hydrogens is 176 g/mol. The molecule has 0 saturated carbocycles. The Morgan fingerprint density at radius 3 is 2.86 bits per heavy atom. The molecule has 0 aromatic carbocycles. The lowest BCUT2D eigenvalue weighted by Gasteiger charge is -2.50. The minimum atomic E-state index is 0.550. The summed E-state index contributed by atoms with van der Waals surface area (Å²) in [7, 11) is 2.08. The van der Waals surface area contributed by atoms with Gasteiger partial charge in [-0.25, -0.2) is 0 Å². The Morgan fingerprint density at radius 1 is 1.14 bits per heavy atom. The molecule has 4 heteroatoms. The Bertz CT molecular complexity index is 261. The van der Waals surface area contributed by atoms with E-state index < -0.39 is 0 Å². The van der Waals surface area contributed by atoms with Crippen LogP contribution in [0.15, 0.2) is 5.10 Å². The van der Waals surface area contributed by atoms with E-state index in [4.69, 9.17) is 0 Å². The van der Waals surface area contributed by atoms with Crippen LogP contribution in [0.5, 0.6) is 0 Å². The van der Waals surface area contributed by atoms with E-state index in [1.807, 2.05) is 0 Å². The van der Waals surface area contributed by atoms with Crippen LogP contribution in [0.3, 0.4) is 0 Å². The average molecular weight is 194 g/mol. The van der Waals surface area contributed by atoms with Gasteiger partial charge in [0.05, 0.1) is 12.4 Å². The first-order valence-corrected chi connectivity index (χ1v) is 5.61. The van der Waals surface area contributed by atoms with Crippen molar-refractivity contribution >= 4 is 5.71 Å². The van der Waals surface area contributed by atoms with Crippen LogP contribution in [0.25, 0.3) is 0 Å². The molecule has 2 saturated heterocycles. The van der Waals surface area contributed by atoms with Gasteiger partial charge in [0.25, 0.3) is 0 Å². The van der Waals surface area contributed by atoms with E-state index in [1.165, 1.54) is 44.6 Å². The molecular formula is C10H18N4. The monoisotopic (exact) mass is 194 g/mol. The molecule has 3 rings (SSSR count). The van der Waals surface area contributed by atoms with Crippen molar-refractivity contribution in [3.63, 3.8) is 0 Å². The Balaban J connectivity index is 1.92. The number of piperidine rings is 1. The fraction of sp³-hybridized carbons (Fsp3) is 0.900. The molecule has 3 aliphatic rings. The summed E-state index contributed by atoms with van der Waals surface area (Å²) in [5, 5.41) is 6.74. The van der Waals surface area contributed by atoms with Gasteiger partial charge in [0.1, 0.15) is 6.17 Å². The summed E-state index contributed by atoms with van der Waals surface area (Å²) in [4.78, 5) is 5.16. The van der Waals surface area contributed by atoms with Crippen molar-refractivity contribution in [3.05, 3.63) is 0 Å². The highest BCUT2D eigenvalue weighted by molar-refractivity contribution is 5.90. The summed E-state index contributed by atoms with van der Waals surface area (Å²) >= 11 is 0. The van der Waals surface area contributed by atoms with Crippen molar-refractivity contribution in [1.29, 1.82) is 0 Å². The maximum atomic E-state index is 4.65. The minimum absolute atomic E-state index is 0.550. The lowest BCUT2D eigenvalue weighted by molar-refractivity contribution is -0.0102. The summed E-state index contributed by atoms with van der Waals surface area (Å²) in [5.74, 6) is 0. The molecule has 2 fully saturated rings. The zero-order valence-corrected chi connectivity index (χ0v) is 8.82. The van der Waals surface area contributed by atoms with Crippen LogP contribution in [0.4, 0.5) is 0 Å². The van der Waals surface area contributed by atoms with E-state index in [1.54, 1.807) is 0 Å². The number of nitrogens with zero attached hydrogens (tertiary/aromatic N) is 4. The third kappa shape index (κ3) is 1.25. The molecule has 0 aliphatic carbocycles. The van der Waals surface area contributed by atoms with Crippen molar-refractivity contribution in [2.45, 2.75) is 25.4 Å². The summed E-state index contributed by atoms with van der Waals surface area (Å²) in [6, 6.07) is 0. The van der Waals surface area contributed by atoms with Crippen LogP contribution in [0.1, 0.15) is 19.3 Å². The van der Waals surface area contributed by atoms with Crippen LogP contribution < -0.4 is 0 Å². The van der Waals surface area contributed by atoms with E-state index in [0.29, 0.717) is 6.17 Å². The van der Waals surface area contributed by atoms with Gasteiger partial charge in [-0.3, -0.25) is 14.8 Å². The quantitative estimate of drug-likeness (QED) is 0.556. The molecule has 0 bridgehead atoms. The first-order valence-electron chi connectivity index (χ1n) is 5.61. The van der Waals surface area contributed by atoms with Gasteiger partial charge in [-0.2, -0.15) is 5.10 Å². The van der Waals surface area contributed by atoms with Gasteiger partial charge < -0.3 is 0 Å². The standard InChI is InChI=1S/C10H18N4/c1-12-8-14-7-3-6-13-5-2-4-9(11-12)10(13)14/h10H,2-8H2,1H3/t10-/m1/s1. The third-order valence-corrected chi connectivity index (χ3v) is 3.44. The summed E-state index contributed by atoms with van der Waals surface area (Å²) in [5.41, 5.74) is 1.39. The molecule has 14 heavy (non-hydrogen) atoms. The zero-order valence-electron chi connectivity index (χ0n) is 8.82. The van der Waals surface area contributed by atoms with Crippen LogP contribution in [0.2, 0.25) is 0 Å². The van der Waals surface area contributed by atoms with E-state index >= 15 is 0 Å². The van der Waals surface area contributed by atoms with Gasteiger partial charge >= 0.3 is 0 Å². The topological polar surface area (TPSA) is 22.1 Å². The van der Waals surface area contributed by atoms with E-state index in [2.05, 4.69) is 27.0 Å². The van der Waals surface area contributed by atoms with Gasteiger partial charge in [0.15, 0.2) is 0 Å². The highest BCUT2D eigenvalue weighted by Gasteiger charge is 2.38. The predicted octanol–water partition coefficient (Wildman–Crippen LogP) is 0.373. The predicted molar refractivity (Wildman–Crippen MR) is 56.0 cm³/mol. The van der Waals surface area contributed by atoms with Crippen LogP contribution in [-0.2, 0) is 0 Å². The third-order valence-electron chi connectivity index (χ3n) is 3.44. The van der Waals surface area contributed by atoms with Gasteiger partial charge in [-0.15, -0.1) is 0 Å². The molecule has 78 valence electrons. The number of rotatable bonds is 0. The molecule has 0 unspecified atom stereocenters. The molecule has 1 atom stereocenters. The van der Waals surface area contributed by atoms with Gasteiger partial charge in [0, 0.05) is 26.7 Å². The molecule has 4 nitrogen and oxygen atoms in total. The summed E-state index contributed by atoms with van der Waals surface area (Å²) in [6.07, 6.45) is 4.35. The van der Waals surface area contributed by atoms with E-state index in [-0.39, 0.29) is 0 Å². The van der Waals surface area contributed by atoms with Crippen molar-refractivity contribution in [2.24, 2.45) is 5.10 Å². The first kappa shape index (κ1) is 8.68. The van der Waals surface area contributed by atoms with Crippen molar-refractivity contribution in [2.75, 3.05) is 33.4 Å². The lowest BCUT2D eigenvalue weighted by atomic mass is 10.0. The molecule has 3 heterocycles. The molecule has 0 N–H and O–H groups in total. The molecule has 0 spiro atoms. The fourth-order valence-corrected chi connectivity index (χ4v) is 2.96. The highest BCUT2D eigenvalue weighted by Crippen LogP contribution is 2.25. The second-order valence-electron chi connectivity index (χ2n) is 4.57. The molecule has 3 aliphatic heterocycles. The van der Waals surface area contributed by atoms with Crippen molar-refractivity contribution in [1.82, 2.24) is 14.8 Å². The number of hydrogen-bond donors (Lipinski definition) is 0. The first-order chi connectivity index (χ1) is 6.84. The second kappa shape index (κ2) is 3.21. The maximum absolute atomic E-state index is 4.65. The summed E-state index contributed by atoms with van der Waals surface area (Å²) < 4.78 is 0. The Hall–Kier alpha value is -0.610. The summed E-state index contributed by atoms with van der Waals surface area (Å²) in [6.45, 7) is 4.78. The Labute approximate surface area is 85.2 Å². The fourth-order valence-electron chi connectivity index (χ4n) is 2.96. The van der Waals surface area contributed by atoms with E-state index in [9.17, 15) is 0 Å². The largest absolute Gasteiger partial charge is 0.286 e. The van der Waals surface area contributed by atoms with Gasteiger partial charge in [-0.05, 0) is 19.3 Å². The SMILES string of the molecule is CN1CN2CCCN3CCCC(=N1)[C@H]32. The zero-order chi connectivity index (χ0) is 9.54. The van der Waals surface area contributed by atoms with Crippen molar-refractivity contribution in [3.8, 4) is 0 Å². The molecule has 0 aromatic heterocycles. The van der Waals surface area contributed by atoms with Gasteiger partial charge in [-0.1, -0.05) is 0 Å². The number of hydrogen-bond acceptors (Lipinski definition) is 4. The molecule has 0 radical (unpaired) electrons. The van der Waals surface area contributed by atoms with Crippen molar-refractivity contribution < 1.29 is 0 Å². The Kier molecular flexibility index (Phi) is 1.99. The Morgan fingerprint density at radius 2 is 1.93 bits per heavy atom. The lowest BCUT2D eigenvalue weighted by Crippen LogP contribution is -2.63. The van der Waals surface area contributed by atoms with Crippen LogP contribution >= 0.6 is 0 Å². The van der Waals surface area contributed by atoms with Crippen LogP contribution in [-0.4, -0.2) is 60.0 Å². The highest BCUT2D eigenvalue weighted by atomic mass is 15.6. The van der Waals surface area contributed by atoms with Gasteiger partial charge in [0.2, 0.25) is 0 Å². The maximum Gasteiger partial charge on any atom is 0.105 e. The smallest absolute Gasteiger partial charge is 0.105 e. The molecule has 0 amide bonds.